The highest BCUT2D eigenvalue weighted by Crippen LogP contribution is 2.40. The summed E-state index contributed by atoms with van der Waals surface area (Å²) in [6.07, 6.45) is 0. The molecule has 2 N–H and O–H groups in total. The minimum atomic E-state index is -1.05. The van der Waals surface area contributed by atoms with Gasteiger partial charge in [0.25, 0.3) is 11.7 Å². The Labute approximate surface area is 209 Å². The summed E-state index contributed by atoms with van der Waals surface area (Å²) in [6, 6.07) is 21.2. The van der Waals surface area contributed by atoms with Crippen LogP contribution >= 0.6 is 0 Å². The van der Waals surface area contributed by atoms with Crippen molar-refractivity contribution in [2.24, 2.45) is 5.92 Å². The molecule has 0 bridgehead atoms. The summed E-state index contributed by atoms with van der Waals surface area (Å²) >= 11 is 0. The van der Waals surface area contributed by atoms with Gasteiger partial charge in [0, 0.05) is 12.1 Å². The van der Waals surface area contributed by atoms with E-state index < -0.39 is 23.7 Å². The van der Waals surface area contributed by atoms with Crippen molar-refractivity contribution in [3.63, 3.8) is 0 Å². The average molecular weight is 486 g/mol. The normalized spacial score (nSPS) is 17.0. The van der Waals surface area contributed by atoms with Gasteiger partial charge in [0.15, 0.2) is 0 Å². The maximum Gasteiger partial charge on any atom is 0.335 e. The first kappa shape index (κ1) is 24.7. The Bertz CT molecular complexity index is 1310. The second-order valence-corrected chi connectivity index (χ2v) is 9.07. The third-order valence-electron chi connectivity index (χ3n) is 5.90. The molecule has 1 saturated heterocycles. The zero-order valence-corrected chi connectivity index (χ0v) is 20.0. The van der Waals surface area contributed by atoms with Crippen molar-refractivity contribution in [1.29, 1.82) is 0 Å². The van der Waals surface area contributed by atoms with E-state index in [1.54, 1.807) is 60.7 Å². The highest BCUT2D eigenvalue weighted by Gasteiger charge is 2.46. The van der Waals surface area contributed by atoms with Crippen molar-refractivity contribution in [3.05, 3.63) is 107 Å². The molecule has 0 spiro atoms. The van der Waals surface area contributed by atoms with Crippen LogP contribution in [0.2, 0.25) is 0 Å². The van der Waals surface area contributed by atoms with Gasteiger partial charge < -0.3 is 19.8 Å². The van der Waals surface area contributed by atoms with Crippen molar-refractivity contribution >= 4 is 23.4 Å². The molecule has 1 aliphatic rings. The van der Waals surface area contributed by atoms with Gasteiger partial charge >= 0.3 is 5.97 Å². The zero-order chi connectivity index (χ0) is 25.8. The summed E-state index contributed by atoms with van der Waals surface area (Å²) in [7, 11) is 0. The van der Waals surface area contributed by atoms with Crippen LogP contribution in [0.25, 0.3) is 5.76 Å². The van der Waals surface area contributed by atoms with Gasteiger partial charge in [-0.3, -0.25) is 9.59 Å². The van der Waals surface area contributed by atoms with Crippen molar-refractivity contribution < 1.29 is 29.3 Å². The molecule has 0 aliphatic carbocycles. The van der Waals surface area contributed by atoms with Gasteiger partial charge in [0.1, 0.15) is 11.5 Å². The third-order valence-corrected chi connectivity index (χ3v) is 5.90. The van der Waals surface area contributed by atoms with E-state index in [9.17, 15) is 19.5 Å². The molecular weight excluding hydrogens is 458 g/mol. The van der Waals surface area contributed by atoms with E-state index >= 15 is 0 Å². The number of ketones is 1. The second kappa shape index (κ2) is 10.5. The lowest BCUT2D eigenvalue weighted by atomic mass is 9.95. The largest absolute Gasteiger partial charge is 0.507 e. The number of benzene rings is 3. The fraction of sp³-hybridized carbons (Fsp3) is 0.207. The molecular formula is C29H27NO6. The van der Waals surface area contributed by atoms with Crippen molar-refractivity contribution in [2.45, 2.75) is 26.4 Å². The Morgan fingerprint density at radius 2 is 1.61 bits per heavy atom. The number of carbonyl (C=O) groups excluding carboxylic acids is 2. The topological polar surface area (TPSA) is 104 Å². The van der Waals surface area contributed by atoms with Crippen LogP contribution in [0.5, 0.6) is 5.75 Å². The van der Waals surface area contributed by atoms with Crippen LogP contribution in [0.4, 0.5) is 0 Å². The maximum absolute atomic E-state index is 13.2. The molecule has 7 heteroatoms. The number of hydrogen-bond acceptors (Lipinski definition) is 5. The first-order valence-corrected chi connectivity index (χ1v) is 11.6. The molecule has 1 heterocycles. The summed E-state index contributed by atoms with van der Waals surface area (Å²) in [6.45, 7) is 4.62. The molecule has 3 aromatic carbocycles. The molecule has 1 fully saturated rings. The summed E-state index contributed by atoms with van der Waals surface area (Å²) < 4.78 is 5.77. The van der Waals surface area contributed by atoms with Gasteiger partial charge in [-0.05, 0) is 41.3 Å². The molecule has 0 aromatic heterocycles. The van der Waals surface area contributed by atoms with Gasteiger partial charge in [0.05, 0.1) is 23.8 Å². The highest BCUT2D eigenvalue weighted by molar-refractivity contribution is 6.46. The molecule has 0 saturated carbocycles. The summed E-state index contributed by atoms with van der Waals surface area (Å²) in [5, 5.41) is 20.4. The van der Waals surface area contributed by atoms with Gasteiger partial charge in [-0.15, -0.1) is 0 Å². The van der Waals surface area contributed by atoms with Crippen molar-refractivity contribution in [1.82, 2.24) is 4.90 Å². The minimum absolute atomic E-state index is 0.00522. The van der Waals surface area contributed by atoms with Gasteiger partial charge in [-0.1, -0.05) is 68.4 Å². The molecule has 1 amide bonds. The van der Waals surface area contributed by atoms with Gasteiger partial charge in [0.2, 0.25) is 0 Å². The number of ether oxygens (including phenoxy) is 1. The number of carboxylic acids is 1. The van der Waals surface area contributed by atoms with E-state index in [0.29, 0.717) is 35.0 Å². The second-order valence-electron chi connectivity index (χ2n) is 9.07. The molecule has 1 unspecified atom stereocenters. The number of aromatic carboxylic acids is 1. The predicted molar refractivity (Wildman–Crippen MR) is 134 cm³/mol. The van der Waals surface area contributed by atoms with E-state index in [-0.39, 0.29) is 23.4 Å². The lowest BCUT2D eigenvalue weighted by molar-refractivity contribution is -0.140. The average Bonchev–Trinajstić information content (AvgIpc) is 3.13. The van der Waals surface area contributed by atoms with Crippen LogP contribution in [0.15, 0.2) is 84.4 Å². The van der Waals surface area contributed by atoms with E-state index in [2.05, 4.69) is 0 Å². The number of hydrogen-bond donors (Lipinski definition) is 2. The minimum Gasteiger partial charge on any atom is -0.507 e. The molecule has 4 rings (SSSR count). The first-order chi connectivity index (χ1) is 17.3. The Balaban J connectivity index is 1.76. The summed E-state index contributed by atoms with van der Waals surface area (Å²) in [5.74, 6) is -1.98. The SMILES string of the molecule is CC(C)COc1cccc(/C(O)=C2\C(=O)C(=O)N(Cc3ccc(C(=O)O)cc3)C2c2ccccc2)c1. The zero-order valence-electron chi connectivity index (χ0n) is 20.0. The third kappa shape index (κ3) is 5.15. The Morgan fingerprint density at radius 3 is 2.25 bits per heavy atom. The molecule has 184 valence electrons. The fourth-order valence-electron chi connectivity index (χ4n) is 4.13. The first-order valence-electron chi connectivity index (χ1n) is 11.6. The van der Waals surface area contributed by atoms with Gasteiger partial charge in [-0.25, -0.2) is 4.79 Å². The van der Waals surface area contributed by atoms with E-state index in [0.717, 1.165) is 0 Å². The van der Waals surface area contributed by atoms with Crippen molar-refractivity contribution in [2.75, 3.05) is 6.61 Å². The lowest BCUT2D eigenvalue weighted by Gasteiger charge is -2.25. The van der Waals surface area contributed by atoms with E-state index in [4.69, 9.17) is 9.84 Å². The molecule has 36 heavy (non-hydrogen) atoms. The molecule has 1 aliphatic heterocycles. The van der Waals surface area contributed by atoms with Crippen LogP contribution in [0.1, 0.15) is 46.9 Å². The summed E-state index contributed by atoms with van der Waals surface area (Å²) in [4.78, 5) is 39.0. The van der Waals surface area contributed by atoms with Crippen LogP contribution in [-0.4, -0.2) is 39.4 Å². The quantitative estimate of drug-likeness (QED) is 0.263. The Morgan fingerprint density at radius 1 is 0.917 bits per heavy atom. The monoisotopic (exact) mass is 485 g/mol. The summed E-state index contributed by atoms with van der Waals surface area (Å²) in [5.41, 5.74) is 1.83. The number of amides is 1. The fourth-order valence-corrected chi connectivity index (χ4v) is 4.13. The Hall–Kier alpha value is -4.39. The molecule has 1 atom stereocenters. The Kier molecular flexibility index (Phi) is 7.20. The number of nitrogens with zero attached hydrogens (tertiary/aromatic N) is 1. The molecule has 7 nitrogen and oxygen atoms in total. The highest BCUT2D eigenvalue weighted by atomic mass is 16.5. The number of aliphatic hydroxyl groups is 1. The van der Waals surface area contributed by atoms with E-state index in [1.807, 2.05) is 19.9 Å². The van der Waals surface area contributed by atoms with Gasteiger partial charge in [-0.2, -0.15) is 0 Å². The van der Waals surface area contributed by atoms with E-state index in [1.165, 1.54) is 17.0 Å². The molecule has 0 radical (unpaired) electrons. The number of likely N-dealkylation sites (tertiary alicyclic amines) is 1. The number of aliphatic hydroxyl groups excluding tert-OH is 1. The van der Waals surface area contributed by atoms with Crippen molar-refractivity contribution in [3.8, 4) is 5.75 Å². The number of Topliss-reactive ketones (excluding diaryl/α,β-unsaturated/α-hetero) is 1. The van der Waals surface area contributed by atoms with Crippen LogP contribution in [-0.2, 0) is 16.1 Å². The standard InChI is InChI=1S/C29H27NO6/c1-18(2)17-36-23-10-6-9-22(15-23)26(31)24-25(20-7-4-3-5-8-20)30(28(33)27(24)32)16-19-11-13-21(14-12-19)29(34)35/h3-15,18,25,31H,16-17H2,1-2H3,(H,34,35)/b26-24+. The van der Waals surface area contributed by atoms with Crippen LogP contribution in [0, 0.1) is 5.92 Å². The number of carbonyl (C=O) groups is 3. The molecule has 3 aromatic rings. The van der Waals surface area contributed by atoms with Crippen LogP contribution in [0.3, 0.4) is 0 Å². The number of carboxylic acid groups (broad SMARTS) is 1. The maximum atomic E-state index is 13.2. The smallest absolute Gasteiger partial charge is 0.335 e. The predicted octanol–water partition coefficient (Wildman–Crippen LogP) is 5.04. The lowest BCUT2D eigenvalue weighted by Crippen LogP contribution is -2.29. The van der Waals surface area contributed by atoms with Crippen LogP contribution < -0.4 is 4.74 Å². The number of rotatable bonds is 8.